The Balaban J connectivity index is 2.48. The summed E-state index contributed by atoms with van der Waals surface area (Å²) in [5, 5.41) is 6.23. The van der Waals surface area contributed by atoms with Crippen LogP contribution in [0.1, 0.15) is 31.7 Å². The molecule has 1 N–H and O–H groups in total. The molecule has 0 spiro atoms. The first-order chi connectivity index (χ1) is 9.15. The molecule has 2 aromatic heterocycles. The maximum atomic E-state index is 4.68. The van der Waals surface area contributed by atoms with Gasteiger partial charge in [-0.05, 0) is 42.9 Å². The number of halogens is 1. The van der Waals surface area contributed by atoms with Gasteiger partial charge in [-0.2, -0.15) is 0 Å². The molecule has 0 unspecified atom stereocenters. The summed E-state index contributed by atoms with van der Waals surface area (Å²) >= 11 is 3.92. The Morgan fingerprint density at radius 3 is 2.63 bits per heavy atom. The zero-order valence-electron chi connectivity index (χ0n) is 11.3. The summed E-state index contributed by atoms with van der Waals surface area (Å²) in [7, 11) is 0. The van der Waals surface area contributed by atoms with Crippen LogP contribution in [-0.2, 0) is 6.42 Å². The first-order valence-electron chi connectivity index (χ1n) is 6.38. The first kappa shape index (κ1) is 14.6. The van der Waals surface area contributed by atoms with Crippen molar-refractivity contribution in [3.05, 3.63) is 20.3 Å². The van der Waals surface area contributed by atoms with E-state index in [0.717, 1.165) is 51.0 Å². The molecule has 0 fully saturated rings. The van der Waals surface area contributed by atoms with E-state index in [1.165, 1.54) is 0 Å². The molecular formula is C13H17IN4S. The van der Waals surface area contributed by atoms with Crippen molar-refractivity contribution in [1.82, 2.24) is 15.0 Å². The van der Waals surface area contributed by atoms with Gasteiger partial charge in [0.25, 0.3) is 0 Å². The minimum Gasteiger partial charge on any atom is -0.369 e. The molecule has 0 aliphatic heterocycles. The molecular weight excluding hydrogens is 371 g/mol. The second-order valence-electron chi connectivity index (χ2n) is 4.23. The highest BCUT2D eigenvalue weighted by Gasteiger charge is 2.14. The van der Waals surface area contributed by atoms with Crippen molar-refractivity contribution >= 4 is 39.7 Å². The Morgan fingerprint density at radius 2 is 2.05 bits per heavy atom. The maximum absolute atomic E-state index is 4.68. The molecule has 0 saturated heterocycles. The Hall–Kier alpha value is -0.760. The number of hydrogen-bond acceptors (Lipinski definition) is 5. The van der Waals surface area contributed by atoms with Gasteiger partial charge in [0.05, 0.1) is 9.26 Å². The van der Waals surface area contributed by atoms with Gasteiger partial charge in [-0.15, -0.1) is 11.3 Å². The van der Waals surface area contributed by atoms with Gasteiger partial charge >= 0.3 is 0 Å². The van der Waals surface area contributed by atoms with Gasteiger partial charge < -0.3 is 5.32 Å². The summed E-state index contributed by atoms with van der Waals surface area (Å²) in [4.78, 5) is 13.8. The van der Waals surface area contributed by atoms with Crippen LogP contribution in [0.15, 0.2) is 5.38 Å². The number of thiazole rings is 1. The molecule has 4 nitrogen and oxygen atoms in total. The molecule has 0 radical (unpaired) electrons. The van der Waals surface area contributed by atoms with Gasteiger partial charge in [-0.3, -0.25) is 0 Å². The fourth-order valence-corrected chi connectivity index (χ4v) is 3.16. The molecule has 102 valence electrons. The van der Waals surface area contributed by atoms with Crippen molar-refractivity contribution in [2.24, 2.45) is 0 Å². The molecule has 0 bridgehead atoms. The minimum absolute atomic E-state index is 0.734. The molecule has 0 saturated carbocycles. The largest absolute Gasteiger partial charge is 0.369 e. The molecule has 6 heteroatoms. The van der Waals surface area contributed by atoms with Crippen molar-refractivity contribution in [1.29, 1.82) is 0 Å². The number of aryl methyl sites for hydroxylation is 2. The lowest BCUT2D eigenvalue weighted by Crippen LogP contribution is -2.08. The Labute approximate surface area is 131 Å². The highest BCUT2D eigenvalue weighted by atomic mass is 127. The number of nitrogens with zero attached hydrogens (tertiary/aromatic N) is 3. The molecule has 0 amide bonds. The predicted molar refractivity (Wildman–Crippen MR) is 88.8 cm³/mol. The third-order valence-electron chi connectivity index (χ3n) is 2.56. The van der Waals surface area contributed by atoms with E-state index < -0.39 is 0 Å². The van der Waals surface area contributed by atoms with E-state index in [1.807, 2.05) is 12.3 Å². The normalized spacial score (nSPS) is 10.7. The van der Waals surface area contributed by atoms with Crippen LogP contribution in [0.4, 0.5) is 5.82 Å². The number of aromatic nitrogens is 3. The third kappa shape index (κ3) is 3.42. The van der Waals surface area contributed by atoms with Gasteiger partial charge in [0, 0.05) is 17.6 Å². The fourth-order valence-electron chi connectivity index (χ4n) is 1.73. The smallest absolute Gasteiger partial charge is 0.191 e. The maximum Gasteiger partial charge on any atom is 0.191 e. The SMILES string of the molecule is CCCc1nc(-c2nc(C)cs2)nc(NCC)c1I. The highest BCUT2D eigenvalue weighted by molar-refractivity contribution is 14.1. The van der Waals surface area contributed by atoms with E-state index in [9.17, 15) is 0 Å². The summed E-state index contributed by atoms with van der Waals surface area (Å²) < 4.78 is 1.12. The van der Waals surface area contributed by atoms with Crippen molar-refractivity contribution in [3.63, 3.8) is 0 Å². The summed E-state index contributed by atoms with van der Waals surface area (Å²) in [5.41, 5.74) is 2.13. The van der Waals surface area contributed by atoms with Gasteiger partial charge in [0.15, 0.2) is 10.8 Å². The molecule has 0 aromatic carbocycles. The monoisotopic (exact) mass is 388 g/mol. The molecule has 2 aromatic rings. The molecule has 0 aliphatic rings. The zero-order chi connectivity index (χ0) is 13.8. The Kier molecular flexibility index (Phi) is 5.09. The number of hydrogen-bond donors (Lipinski definition) is 1. The van der Waals surface area contributed by atoms with Gasteiger partial charge in [-0.25, -0.2) is 15.0 Å². The Morgan fingerprint density at radius 1 is 1.26 bits per heavy atom. The van der Waals surface area contributed by atoms with Crippen LogP contribution in [-0.4, -0.2) is 21.5 Å². The van der Waals surface area contributed by atoms with Crippen molar-refractivity contribution in [2.45, 2.75) is 33.6 Å². The standard InChI is InChI=1S/C13H17IN4S/c1-4-6-9-10(14)11(15-5-2)18-12(17-9)13-16-8(3)7-19-13/h7H,4-6H2,1-3H3,(H,15,17,18). The van der Waals surface area contributed by atoms with E-state index in [-0.39, 0.29) is 0 Å². The van der Waals surface area contributed by atoms with E-state index in [1.54, 1.807) is 11.3 Å². The average Bonchev–Trinajstić information content (AvgIpc) is 2.81. The summed E-state index contributed by atoms with van der Waals surface area (Å²) in [6, 6.07) is 0. The van der Waals surface area contributed by atoms with Gasteiger partial charge in [0.1, 0.15) is 5.82 Å². The van der Waals surface area contributed by atoms with Gasteiger partial charge in [0.2, 0.25) is 0 Å². The predicted octanol–water partition coefficient (Wildman–Crippen LogP) is 3.90. The summed E-state index contributed by atoms with van der Waals surface area (Å²) in [6.45, 7) is 7.09. The van der Waals surface area contributed by atoms with Crippen LogP contribution in [0, 0.1) is 10.5 Å². The van der Waals surface area contributed by atoms with Crippen LogP contribution >= 0.6 is 33.9 Å². The van der Waals surface area contributed by atoms with Crippen LogP contribution in [0.25, 0.3) is 10.8 Å². The number of anilines is 1. The second-order valence-corrected chi connectivity index (χ2v) is 6.17. The quantitative estimate of drug-likeness (QED) is 0.790. The zero-order valence-corrected chi connectivity index (χ0v) is 14.3. The lowest BCUT2D eigenvalue weighted by atomic mass is 10.2. The van der Waals surface area contributed by atoms with Crippen LogP contribution in [0.5, 0.6) is 0 Å². The Bertz CT molecular complexity index is 541. The molecule has 2 heterocycles. The minimum atomic E-state index is 0.734. The summed E-state index contributed by atoms with van der Waals surface area (Å²) in [6.07, 6.45) is 2.05. The van der Waals surface area contributed by atoms with Crippen LogP contribution in [0.3, 0.4) is 0 Å². The van der Waals surface area contributed by atoms with Gasteiger partial charge in [-0.1, -0.05) is 13.3 Å². The van der Waals surface area contributed by atoms with E-state index in [4.69, 9.17) is 0 Å². The highest BCUT2D eigenvalue weighted by Crippen LogP contribution is 2.26. The fraction of sp³-hybridized carbons (Fsp3) is 0.462. The van der Waals surface area contributed by atoms with Crippen molar-refractivity contribution in [3.8, 4) is 10.8 Å². The van der Waals surface area contributed by atoms with E-state index in [2.05, 4.69) is 56.7 Å². The van der Waals surface area contributed by atoms with E-state index in [0.29, 0.717) is 0 Å². The molecule has 2 rings (SSSR count). The molecule has 19 heavy (non-hydrogen) atoms. The lowest BCUT2D eigenvalue weighted by Gasteiger charge is -2.10. The first-order valence-corrected chi connectivity index (χ1v) is 8.34. The lowest BCUT2D eigenvalue weighted by molar-refractivity contribution is 0.866. The van der Waals surface area contributed by atoms with Crippen LogP contribution in [0.2, 0.25) is 0 Å². The molecule has 0 atom stereocenters. The van der Waals surface area contributed by atoms with Crippen molar-refractivity contribution in [2.75, 3.05) is 11.9 Å². The summed E-state index contributed by atoms with van der Waals surface area (Å²) in [5.74, 6) is 1.65. The second kappa shape index (κ2) is 6.60. The van der Waals surface area contributed by atoms with Crippen LogP contribution < -0.4 is 5.32 Å². The topological polar surface area (TPSA) is 50.7 Å². The number of rotatable bonds is 5. The number of nitrogens with one attached hydrogen (secondary N) is 1. The third-order valence-corrected chi connectivity index (χ3v) is 4.65. The van der Waals surface area contributed by atoms with Crippen molar-refractivity contribution < 1.29 is 0 Å². The average molecular weight is 388 g/mol. The molecule has 0 aliphatic carbocycles. The van der Waals surface area contributed by atoms with E-state index >= 15 is 0 Å².